The van der Waals surface area contributed by atoms with Gasteiger partial charge in [-0.05, 0) is 213 Å². The number of alkyl halides is 3. The number of hydrogen-bond acceptors (Lipinski definition) is 15. The summed E-state index contributed by atoms with van der Waals surface area (Å²) in [5, 5.41) is 4.71. The van der Waals surface area contributed by atoms with Crippen molar-refractivity contribution in [1.82, 2.24) is 5.32 Å². The van der Waals surface area contributed by atoms with Crippen molar-refractivity contribution in [3.05, 3.63) is 359 Å². The molecule has 126 heavy (non-hydrogen) atoms. The summed E-state index contributed by atoms with van der Waals surface area (Å²) >= 11 is 0.149. The van der Waals surface area contributed by atoms with E-state index in [1.807, 2.05) is 125 Å². The minimum atomic E-state index is -6.36. The molecule has 0 saturated heterocycles. The summed E-state index contributed by atoms with van der Waals surface area (Å²) in [5.41, 5.74) is 10.9. The van der Waals surface area contributed by atoms with Crippen LogP contribution in [-0.4, -0.2) is 76.8 Å². The summed E-state index contributed by atoms with van der Waals surface area (Å²) < 4.78 is 238. The number of ether oxygens (including phenoxy) is 4. The summed E-state index contributed by atoms with van der Waals surface area (Å²) in [5.74, 6) is -8.02. The Bertz CT molecular complexity index is 6820. The van der Waals surface area contributed by atoms with Gasteiger partial charge in [-0.25, -0.2) is 60.8 Å². The first-order valence-corrected chi connectivity index (χ1v) is 46.9. The predicted octanol–water partition coefficient (Wildman–Crippen LogP) is 20.1. The summed E-state index contributed by atoms with van der Waals surface area (Å²) in [6, 6.07) is 57.2. The molecule has 11 aromatic rings. The number of nitrogens with zero attached hydrogens (tertiary/aromatic N) is 2. The lowest BCUT2D eigenvalue weighted by Gasteiger charge is -2.27. The molecule has 29 heteroatoms. The largest absolute Gasteiger partial charge is 0.480 e. The monoisotopic (exact) mass is 1810 g/mol. The summed E-state index contributed by atoms with van der Waals surface area (Å²) in [6.07, 6.45) is 5.13. The molecule has 2 aliphatic heterocycles. The van der Waals surface area contributed by atoms with Crippen LogP contribution < -0.4 is 35.7 Å². The molecule has 17 nitrogen and oxygen atoms in total. The van der Waals surface area contributed by atoms with E-state index in [1.165, 1.54) is 53.1 Å². The Morgan fingerprint density at radius 2 is 0.889 bits per heavy atom. The molecular weight excluding hydrogens is 1720 g/mol. The second-order valence-electron chi connectivity index (χ2n) is 31.5. The van der Waals surface area contributed by atoms with E-state index in [2.05, 4.69) is 112 Å². The number of benzene rings is 11. The normalized spacial score (nSPS) is 13.0. The van der Waals surface area contributed by atoms with Gasteiger partial charge in [0.15, 0.2) is 33.3 Å². The average molecular weight is 1820 g/mol. The maximum atomic E-state index is 15.8. The van der Waals surface area contributed by atoms with E-state index in [9.17, 15) is 56.4 Å². The van der Waals surface area contributed by atoms with Gasteiger partial charge in [-0.2, -0.15) is 13.2 Å². The lowest BCUT2D eigenvalue weighted by Crippen LogP contribution is -2.29. The van der Waals surface area contributed by atoms with E-state index in [4.69, 9.17) is 18.9 Å². The summed E-state index contributed by atoms with van der Waals surface area (Å²) in [6.45, 7) is 27.4. The highest BCUT2D eigenvalue weighted by Gasteiger charge is 2.41. The van der Waals surface area contributed by atoms with Gasteiger partial charge in [0.1, 0.15) is 71.2 Å². The van der Waals surface area contributed by atoms with E-state index in [0.717, 1.165) is 89.8 Å². The van der Waals surface area contributed by atoms with E-state index in [1.54, 1.807) is 24.3 Å². The first kappa shape index (κ1) is 93.7. The first-order valence-electron chi connectivity index (χ1n) is 40.1. The molecule has 0 radical (unpaired) electrons. The highest BCUT2D eigenvalue weighted by atomic mass is 32.3. The molecule has 0 aromatic heterocycles. The Kier molecular flexibility index (Phi) is 28.6. The van der Waals surface area contributed by atoms with Gasteiger partial charge < -0.3 is 32.5 Å². The van der Waals surface area contributed by atoms with Crippen molar-refractivity contribution in [2.75, 3.05) is 25.5 Å². The standard InChI is InChI=1S/C59H59F4N2O9S3.C38H31F3NO5S2/c1-10-51(66)72-26-25-64-59(67)73-27-28-75-57-53(60)55(62)58(56(63)54(57)61)77(70,71)65-76(68,69)50-20-12-11-15-45(50)52-43-23-21-37(29-46-39(33(2)3)16-13-17-40(46)34(4)5)31-48(43)74-49-32-38(22-24-44(49)52)30-47-41(35(6)7)18-14-19-42(47)36(8)9;1-23-9-7-10-24(2)32(23)19-27-15-17-29-34(21-27)47-35-22-28(20-33-25(3)11-8-12-26(33)4)16-18-30(35)37(29)31-13-5-6-14-36(31)48(43,44)42-49(45,46)38(39,40)41/h10-24,29,31-36H,1,25-28,30H2,2-9H3,(H,64,67);5-19,21-22H,20H2,1-4H3/q2*-1/b37-29+;27-19+. The van der Waals surface area contributed by atoms with Crippen molar-refractivity contribution in [2.24, 2.45) is 0 Å². The van der Waals surface area contributed by atoms with Gasteiger partial charge in [0, 0.05) is 55.7 Å². The van der Waals surface area contributed by atoms with Crippen LogP contribution in [0.3, 0.4) is 0 Å². The van der Waals surface area contributed by atoms with Crippen molar-refractivity contribution < 1.29 is 92.9 Å². The molecule has 2 heterocycles. The number of halogens is 7. The Labute approximate surface area is 733 Å². The van der Waals surface area contributed by atoms with Gasteiger partial charge >= 0.3 is 17.6 Å². The molecule has 1 amide bonds. The van der Waals surface area contributed by atoms with Crippen LogP contribution in [0, 0.1) is 51.0 Å². The second-order valence-corrected chi connectivity index (χ2v) is 39.4. The van der Waals surface area contributed by atoms with Crippen molar-refractivity contribution >= 4 is 87.2 Å². The number of amides is 1. The predicted molar refractivity (Wildman–Crippen MR) is 475 cm³/mol. The molecule has 0 aliphatic carbocycles. The van der Waals surface area contributed by atoms with Gasteiger partial charge in [-0.3, -0.25) is 0 Å². The van der Waals surface area contributed by atoms with E-state index in [-0.39, 0.29) is 59.7 Å². The first-order chi connectivity index (χ1) is 59.5. The zero-order valence-electron chi connectivity index (χ0n) is 70.8. The quantitative estimate of drug-likeness (QED) is 0.0126. The van der Waals surface area contributed by atoms with Gasteiger partial charge in [0.05, 0.1) is 21.2 Å². The molecule has 0 spiro atoms. The zero-order chi connectivity index (χ0) is 91.4. The van der Waals surface area contributed by atoms with Crippen molar-refractivity contribution in [3.8, 4) is 23.0 Å². The molecule has 2 aliphatic rings. The van der Waals surface area contributed by atoms with Gasteiger partial charge in [0.25, 0.3) is 0 Å². The highest BCUT2D eigenvalue weighted by Crippen LogP contribution is 2.46. The molecular formula is C97H90F7N3O14S5-2. The fourth-order valence-corrected chi connectivity index (χ4v) is 21.5. The molecule has 658 valence electrons. The zero-order valence-corrected chi connectivity index (χ0v) is 74.8. The minimum Gasteiger partial charge on any atom is -0.461 e. The molecule has 1 N–H and O–H groups in total. The van der Waals surface area contributed by atoms with E-state index < -0.39 is 113 Å². The Morgan fingerprint density at radius 3 is 1.35 bits per heavy atom. The van der Waals surface area contributed by atoms with Gasteiger partial charge in [-0.15, -0.1) is 11.8 Å². The Hall–Kier alpha value is -11.4. The number of aryl methyl sites for hydroxylation is 4. The highest BCUT2D eigenvalue weighted by molar-refractivity contribution is 8.13. The molecule has 0 bridgehead atoms. The lowest BCUT2D eigenvalue weighted by atomic mass is 9.85. The maximum absolute atomic E-state index is 15.8. The maximum Gasteiger partial charge on any atom is 0.480 e. The number of carbonyl (C=O) groups is 2. The van der Waals surface area contributed by atoms with Crippen LogP contribution in [0.15, 0.2) is 226 Å². The van der Waals surface area contributed by atoms with Crippen LogP contribution >= 0.6 is 11.8 Å². The number of alkyl carbamates (subject to hydrolysis) is 1. The third-order valence-corrected chi connectivity index (χ3v) is 28.9. The van der Waals surface area contributed by atoms with Crippen LogP contribution in [0.5, 0.6) is 23.0 Å². The Balaban J connectivity index is 0.000000252. The van der Waals surface area contributed by atoms with Crippen LogP contribution in [0.25, 0.3) is 31.6 Å². The second kappa shape index (κ2) is 38.4. The van der Waals surface area contributed by atoms with Gasteiger partial charge in [-0.1, -0.05) is 208 Å². The fraction of sp³-hybridized carbons (Fsp3) is 0.237. The number of esters is 1. The molecule has 13 rings (SSSR count). The SMILES string of the molecule is C=CC(=O)OCCNC(=O)OCCSc1c(F)c(F)c(S(=O)(=O)[N-]S(=O)(=O)c2ccccc2C2=c3cc/c(=C\c4c(C(C)C)cccc4C(C)C)cc3Oc3cc(Cc4c(C(C)C)cccc4C(C)C)ccc32)c(F)c1F.Cc1cccc(C)c1/C=c1\ccc2c(c1)Oc1cc(Cc3c(C)cccc3C)ccc1C=2c1ccccc1S(=O)(=O)[N-]S(=O)(=O)C(F)(F)F. The number of rotatable bonds is 27. The molecule has 11 aromatic carbocycles. The number of nitrogens with one attached hydrogen (secondary N) is 1. The number of carbonyl (C=O) groups excluding carboxylic acids is 2. The molecule has 0 atom stereocenters. The van der Waals surface area contributed by atoms with Crippen molar-refractivity contribution in [1.29, 1.82) is 0 Å². The Morgan fingerprint density at radius 1 is 0.460 bits per heavy atom. The lowest BCUT2D eigenvalue weighted by molar-refractivity contribution is -0.137. The number of thioether (sulfide) groups is 1. The van der Waals surface area contributed by atoms with Crippen LogP contribution in [0.2, 0.25) is 0 Å². The van der Waals surface area contributed by atoms with Crippen molar-refractivity contribution in [3.63, 3.8) is 0 Å². The van der Waals surface area contributed by atoms with Crippen LogP contribution in [0.4, 0.5) is 35.5 Å². The van der Waals surface area contributed by atoms with Gasteiger partial charge in [0.2, 0.25) is 0 Å². The van der Waals surface area contributed by atoms with Crippen molar-refractivity contribution in [2.45, 2.75) is 145 Å². The third-order valence-electron chi connectivity index (χ3n) is 21.4. The average Bonchev–Trinajstić information content (AvgIpc) is 0.740. The third kappa shape index (κ3) is 20.5. The van der Waals surface area contributed by atoms with E-state index in [0.29, 0.717) is 68.6 Å². The topological polar surface area (TPSA) is 248 Å². The minimum absolute atomic E-state index is 0.0246. The fourth-order valence-electron chi connectivity index (χ4n) is 15.3. The number of hydrogen-bond donors (Lipinski definition) is 1. The van der Waals surface area contributed by atoms with Crippen LogP contribution in [-0.2, 0) is 67.2 Å². The van der Waals surface area contributed by atoms with Crippen LogP contribution in [0.1, 0.15) is 179 Å². The summed E-state index contributed by atoms with van der Waals surface area (Å²) in [4.78, 5) is 18.1. The number of fused-ring (bicyclic) bond motifs is 4. The van der Waals surface area contributed by atoms with E-state index >= 15 is 17.6 Å². The number of sulfonamides is 4. The summed E-state index contributed by atoms with van der Waals surface area (Å²) in [7, 11) is -23.3. The molecule has 0 fully saturated rings. The smallest absolute Gasteiger partial charge is 0.461 e. The molecule has 0 unspecified atom stereocenters. The molecule has 0 saturated carbocycles.